The molecule has 35 heavy (non-hydrogen) atoms. The molecule has 3 aromatic rings. The van der Waals surface area contributed by atoms with E-state index in [4.69, 9.17) is 0 Å². The van der Waals surface area contributed by atoms with Crippen molar-refractivity contribution in [3.8, 4) is 10.6 Å². The molecule has 3 heterocycles. The number of carboxylic acid groups (broad SMARTS) is 1. The number of carboxylic acids is 1. The van der Waals surface area contributed by atoms with Crippen LogP contribution in [0.2, 0.25) is 0 Å². The number of anilines is 2. The number of pyridine rings is 1. The number of rotatable bonds is 6. The SMILES string of the molecule is Cc1cc(Nc2nccc(C(F)(F)F)n2)cc(-c2cnc([C@@](C)(O)[C@H]3CC[C@H](C(=O)O)CC3)s2)n1. The molecule has 0 spiro atoms. The number of nitrogens with zero attached hydrogens (tertiary/aromatic N) is 4. The molecule has 1 aliphatic carbocycles. The fourth-order valence-electron chi connectivity index (χ4n) is 4.28. The van der Waals surface area contributed by atoms with Crippen LogP contribution in [0.1, 0.15) is 49.0 Å². The molecular formula is C23H24F3N5O3S. The van der Waals surface area contributed by atoms with Crippen LogP contribution in [0.4, 0.5) is 24.8 Å². The first-order chi connectivity index (χ1) is 16.4. The molecule has 1 saturated carbocycles. The Hall–Kier alpha value is -3.12. The summed E-state index contributed by atoms with van der Waals surface area (Å²) in [5.41, 5.74) is -0.657. The Balaban J connectivity index is 1.54. The second-order valence-corrected chi connectivity index (χ2v) is 9.87. The predicted octanol–water partition coefficient (Wildman–Crippen LogP) is 5.16. The van der Waals surface area contributed by atoms with Crippen molar-refractivity contribution < 1.29 is 28.2 Å². The van der Waals surface area contributed by atoms with Crippen LogP contribution in [0, 0.1) is 18.8 Å². The van der Waals surface area contributed by atoms with E-state index >= 15 is 0 Å². The Bertz CT molecular complexity index is 1220. The molecule has 0 saturated heterocycles. The largest absolute Gasteiger partial charge is 0.481 e. The topological polar surface area (TPSA) is 121 Å². The minimum absolute atomic E-state index is 0.113. The normalized spacial score (nSPS) is 20.3. The van der Waals surface area contributed by atoms with E-state index in [0.717, 1.165) is 12.3 Å². The third kappa shape index (κ3) is 5.59. The van der Waals surface area contributed by atoms with Crippen LogP contribution in [-0.4, -0.2) is 36.1 Å². The maximum Gasteiger partial charge on any atom is 0.433 e. The lowest BCUT2D eigenvalue weighted by Crippen LogP contribution is -2.35. The van der Waals surface area contributed by atoms with E-state index in [1.165, 1.54) is 11.3 Å². The molecular weight excluding hydrogens is 483 g/mol. The van der Waals surface area contributed by atoms with Crippen molar-refractivity contribution in [2.45, 2.75) is 51.3 Å². The van der Waals surface area contributed by atoms with Gasteiger partial charge in [0.15, 0.2) is 0 Å². The van der Waals surface area contributed by atoms with E-state index in [0.29, 0.717) is 52.6 Å². The van der Waals surface area contributed by atoms with Crippen molar-refractivity contribution in [3.63, 3.8) is 0 Å². The van der Waals surface area contributed by atoms with Gasteiger partial charge >= 0.3 is 12.1 Å². The average Bonchev–Trinajstić information content (AvgIpc) is 3.30. The van der Waals surface area contributed by atoms with Crippen molar-refractivity contribution in [1.29, 1.82) is 0 Å². The number of nitrogens with one attached hydrogen (secondary N) is 1. The highest BCUT2D eigenvalue weighted by molar-refractivity contribution is 7.15. The Morgan fingerprint density at radius 3 is 2.51 bits per heavy atom. The smallest absolute Gasteiger partial charge is 0.433 e. The van der Waals surface area contributed by atoms with E-state index in [2.05, 4.69) is 25.3 Å². The standard InChI is InChI=1S/C23H24F3N5O3S/c1-12-9-15(30-21-27-8-7-18(31-21)23(24,25)26)10-16(29-12)17-11-28-20(35-17)22(2,34)14-5-3-13(4-6-14)19(32)33/h7-11,13-14,34H,3-6H2,1-2H3,(H,32,33)(H,27,29,30,31)/t13-,14-,22-/m0/s1. The molecule has 0 aromatic carbocycles. The second kappa shape index (κ2) is 9.50. The maximum atomic E-state index is 13.0. The number of hydrogen-bond acceptors (Lipinski definition) is 8. The lowest BCUT2D eigenvalue weighted by atomic mass is 9.74. The molecule has 0 radical (unpaired) electrons. The molecule has 3 aromatic heterocycles. The van der Waals surface area contributed by atoms with Crippen LogP contribution in [0.15, 0.2) is 30.6 Å². The van der Waals surface area contributed by atoms with Crippen molar-refractivity contribution in [3.05, 3.63) is 47.0 Å². The van der Waals surface area contributed by atoms with E-state index in [1.54, 1.807) is 32.2 Å². The second-order valence-electron chi connectivity index (χ2n) is 8.83. The number of hydrogen-bond donors (Lipinski definition) is 3. The number of aromatic nitrogens is 4. The Morgan fingerprint density at radius 1 is 1.14 bits per heavy atom. The van der Waals surface area contributed by atoms with Gasteiger partial charge in [-0.25, -0.2) is 15.0 Å². The van der Waals surface area contributed by atoms with Gasteiger partial charge in [-0.05, 0) is 63.6 Å². The summed E-state index contributed by atoms with van der Waals surface area (Å²) >= 11 is 1.28. The highest BCUT2D eigenvalue weighted by Crippen LogP contribution is 2.43. The van der Waals surface area contributed by atoms with Crippen LogP contribution in [-0.2, 0) is 16.6 Å². The fraction of sp³-hybridized carbons (Fsp3) is 0.435. The molecule has 0 unspecified atom stereocenters. The minimum atomic E-state index is -4.58. The Labute approximate surface area is 203 Å². The molecule has 12 heteroatoms. The van der Waals surface area contributed by atoms with E-state index in [9.17, 15) is 28.2 Å². The average molecular weight is 508 g/mol. The van der Waals surface area contributed by atoms with Gasteiger partial charge in [0.25, 0.3) is 0 Å². The highest BCUT2D eigenvalue weighted by atomic mass is 32.1. The molecule has 1 aliphatic rings. The summed E-state index contributed by atoms with van der Waals surface area (Å²) in [4.78, 5) is 28.2. The first-order valence-corrected chi connectivity index (χ1v) is 11.8. The zero-order valence-electron chi connectivity index (χ0n) is 19.0. The number of aryl methyl sites for hydroxylation is 1. The molecule has 3 N–H and O–H groups in total. The van der Waals surface area contributed by atoms with E-state index in [1.807, 2.05) is 0 Å². The maximum absolute atomic E-state index is 13.0. The molecule has 0 aliphatic heterocycles. The number of aliphatic hydroxyl groups is 1. The number of halogens is 3. The van der Waals surface area contributed by atoms with E-state index < -0.39 is 23.4 Å². The number of thiazole rings is 1. The monoisotopic (exact) mass is 507 g/mol. The summed E-state index contributed by atoms with van der Waals surface area (Å²) in [5, 5.41) is 23.8. The van der Waals surface area contributed by atoms with Crippen molar-refractivity contribution >= 4 is 28.9 Å². The molecule has 1 atom stereocenters. The van der Waals surface area contributed by atoms with Crippen LogP contribution in [0.3, 0.4) is 0 Å². The van der Waals surface area contributed by atoms with Gasteiger partial charge in [0.1, 0.15) is 16.3 Å². The lowest BCUT2D eigenvalue weighted by Gasteiger charge is -2.35. The van der Waals surface area contributed by atoms with Crippen molar-refractivity contribution in [2.24, 2.45) is 11.8 Å². The van der Waals surface area contributed by atoms with E-state index in [-0.39, 0.29) is 17.8 Å². The molecule has 0 amide bonds. The van der Waals surface area contributed by atoms with Crippen molar-refractivity contribution in [1.82, 2.24) is 19.9 Å². The van der Waals surface area contributed by atoms with Gasteiger partial charge in [0.2, 0.25) is 5.95 Å². The van der Waals surface area contributed by atoms with Gasteiger partial charge < -0.3 is 15.5 Å². The zero-order chi connectivity index (χ0) is 25.4. The Kier molecular flexibility index (Phi) is 6.78. The number of alkyl halides is 3. The predicted molar refractivity (Wildman–Crippen MR) is 123 cm³/mol. The minimum Gasteiger partial charge on any atom is -0.481 e. The summed E-state index contributed by atoms with van der Waals surface area (Å²) in [7, 11) is 0. The fourth-order valence-corrected chi connectivity index (χ4v) is 5.28. The third-order valence-electron chi connectivity index (χ3n) is 6.22. The van der Waals surface area contributed by atoms with Crippen LogP contribution < -0.4 is 5.32 Å². The number of aliphatic carboxylic acids is 1. The first kappa shape index (κ1) is 25.0. The molecule has 4 rings (SSSR count). The quantitative estimate of drug-likeness (QED) is 0.418. The Morgan fingerprint density at radius 2 is 1.86 bits per heavy atom. The lowest BCUT2D eigenvalue weighted by molar-refractivity contribution is -0.144. The molecule has 0 bridgehead atoms. The van der Waals surface area contributed by atoms with Gasteiger partial charge in [-0.15, -0.1) is 11.3 Å². The summed E-state index contributed by atoms with van der Waals surface area (Å²) in [6.07, 6.45) is 0.264. The van der Waals surface area contributed by atoms with Crippen LogP contribution in [0.25, 0.3) is 10.6 Å². The van der Waals surface area contributed by atoms with Gasteiger partial charge in [0.05, 0.1) is 16.5 Å². The third-order valence-corrected chi connectivity index (χ3v) is 7.46. The van der Waals surface area contributed by atoms with Gasteiger partial charge in [-0.2, -0.15) is 13.2 Å². The highest BCUT2D eigenvalue weighted by Gasteiger charge is 2.40. The van der Waals surface area contributed by atoms with Gasteiger partial charge in [-0.3, -0.25) is 9.78 Å². The van der Waals surface area contributed by atoms with Crippen molar-refractivity contribution in [2.75, 3.05) is 5.32 Å². The first-order valence-electron chi connectivity index (χ1n) is 11.0. The van der Waals surface area contributed by atoms with Crippen LogP contribution >= 0.6 is 11.3 Å². The number of carbonyl (C=O) groups is 1. The molecule has 1 fully saturated rings. The van der Waals surface area contributed by atoms with Crippen LogP contribution in [0.5, 0.6) is 0 Å². The summed E-state index contributed by atoms with van der Waals surface area (Å²) in [6, 6.07) is 4.11. The summed E-state index contributed by atoms with van der Waals surface area (Å²) in [5.74, 6) is -1.48. The van der Waals surface area contributed by atoms with Gasteiger partial charge in [-0.1, -0.05) is 0 Å². The van der Waals surface area contributed by atoms with Gasteiger partial charge in [0, 0.05) is 23.8 Å². The molecule has 186 valence electrons. The zero-order valence-corrected chi connectivity index (χ0v) is 19.8. The summed E-state index contributed by atoms with van der Waals surface area (Å²) in [6.45, 7) is 3.45. The molecule has 8 nitrogen and oxygen atoms in total. The summed E-state index contributed by atoms with van der Waals surface area (Å²) < 4.78 is 38.9.